The van der Waals surface area contributed by atoms with Crippen molar-refractivity contribution in [2.24, 2.45) is 0 Å². The number of para-hydroxylation sites is 2. The van der Waals surface area contributed by atoms with Crippen LogP contribution in [-0.4, -0.2) is 27.0 Å². The molecule has 0 spiro atoms. The Morgan fingerprint density at radius 2 is 2.11 bits per heavy atom. The number of hydrogen-bond donors (Lipinski definition) is 1. The fourth-order valence-corrected chi connectivity index (χ4v) is 2.44. The summed E-state index contributed by atoms with van der Waals surface area (Å²) in [6.45, 7) is 0. The van der Waals surface area contributed by atoms with E-state index < -0.39 is 0 Å². The van der Waals surface area contributed by atoms with Gasteiger partial charge in [-0.25, -0.2) is 9.97 Å². The third-order valence-electron chi connectivity index (χ3n) is 2.59. The highest BCUT2D eigenvalue weighted by molar-refractivity contribution is 7.98. The molecule has 6 heteroatoms. The van der Waals surface area contributed by atoms with Crippen molar-refractivity contribution in [3.8, 4) is 5.88 Å². The number of hydrogen-bond acceptors (Lipinski definition) is 5. The molecule has 2 aromatic heterocycles. The minimum atomic E-state index is 0.579. The largest absolute Gasteiger partial charge is 0.481 e. The molecule has 0 aliphatic rings. The number of rotatable bonds is 4. The average molecular weight is 272 g/mol. The smallest absolute Gasteiger partial charge is 0.216 e. The number of H-pyrrole nitrogens is 1. The van der Waals surface area contributed by atoms with Crippen LogP contribution in [0, 0.1) is 0 Å². The summed E-state index contributed by atoms with van der Waals surface area (Å²) in [6.07, 6.45) is 1.69. The molecular weight excluding hydrogens is 260 g/mol. The molecule has 0 atom stereocenters. The molecule has 0 saturated heterocycles. The molecule has 0 bridgehead atoms. The first kappa shape index (κ1) is 12.0. The van der Waals surface area contributed by atoms with E-state index in [1.165, 1.54) is 0 Å². The molecule has 0 aliphatic heterocycles. The van der Waals surface area contributed by atoms with Crippen LogP contribution in [0.25, 0.3) is 11.0 Å². The zero-order valence-corrected chi connectivity index (χ0v) is 11.1. The molecule has 1 aromatic carbocycles. The number of methoxy groups -OCH3 is 1. The van der Waals surface area contributed by atoms with Gasteiger partial charge in [0.2, 0.25) is 5.88 Å². The predicted octanol–water partition coefficient (Wildman–Crippen LogP) is 2.65. The number of nitrogens with zero attached hydrogens (tertiary/aromatic N) is 3. The fraction of sp³-hybridized carbons (Fsp3) is 0.154. The summed E-state index contributed by atoms with van der Waals surface area (Å²) in [5.74, 6) is 1.96. The maximum Gasteiger partial charge on any atom is 0.216 e. The number of aromatic nitrogens is 4. The van der Waals surface area contributed by atoms with Crippen LogP contribution in [0.4, 0.5) is 0 Å². The van der Waals surface area contributed by atoms with E-state index in [1.807, 2.05) is 24.3 Å². The lowest BCUT2D eigenvalue weighted by Gasteiger charge is -2.00. The van der Waals surface area contributed by atoms with Gasteiger partial charge in [-0.2, -0.15) is 4.98 Å². The van der Waals surface area contributed by atoms with E-state index in [4.69, 9.17) is 4.74 Å². The molecule has 0 radical (unpaired) electrons. The molecule has 96 valence electrons. The van der Waals surface area contributed by atoms with Gasteiger partial charge in [0.25, 0.3) is 0 Å². The van der Waals surface area contributed by atoms with Crippen LogP contribution >= 0.6 is 11.8 Å². The first-order valence-corrected chi connectivity index (χ1v) is 6.77. The van der Waals surface area contributed by atoms with E-state index in [0.717, 1.165) is 22.0 Å². The van der Waals surface area contributed by atoms with Gasteiger partial charge in [0.15, 0.2) is 5.16 Å². The number of fused-ring (bicyclic) bond motifs is 1. The van der Waals surface area contributed by atoms with E-state index in [9.17, 15) is 0 Å². The summed E-state index contributed by atoms with van der Waals surface area (Å²) >= 11 is 1.57. The second-order valence-corrected chi connectivity index (χ2v) is 4.83. The molecule has 1 N–H and O–H groups in total. The van der Waals surface area contributed by atoms with Crippen LogP contribution in [0.1, 0.15) is 5.82 Å². The van der Waals surface area contributed by atoms with Crippen molar-refractivity contribution in [1.82, 2.24) is 19.9 Å². The van der Waals surface area contributed by atoms with Gasteiger partial charge >= 0.3 is 0 Å². The maximum absolute atomic E-state index is 5.07. The topological polar surface area (TPSA) is 63.7 Å². The normalized spacial score (nSPS) is 10.8. The van der Waals surface area contributed by atoms with Crippen molar-refractivity contribution in [3.05, 3.63) is 42.4 Å². The fourth-order valence-electron chi connectivity index (χ4n) is 1.69. The van der Waals surface area contributed by atoms with Crippen LogP contribution in [-0.2, 0) is 5.75 Å². The highest BCUT2D eigenvalue weighted by Crippen LogP contribution is 2.22. The molecule has 0 unspecified atom stereocenters. The first-order chi connectivity index (χ1) is 9.35. The number of nitrogens with one attached hydrogen (secondary N) is 1. The molecule has 0 amide bonds. The van der Waals surface area contributed by atoms with E-state index in [1.54, 1.807) is 31.1 Å². The lowest BCUT2D eigenvalue weighted by Crippen LogP contribution is -1.95. The monoisotopic (exact) mass is 272 g/mol. The Hall–Kier alpha value is -2.08. The molecule has 0 aliphatic carbocycles. The molecule has 0 fully saturated rings. The van der Waals surface area contributed by atoms with Gasteiger partial charge in [0, 0.05) is 12.3 Å². The van der Waals surface area contributed by atoms with Crippen LogP contribution in [0.2, 0.25) is 0 Å². The van der Waals surface area contributed by atoms with Gasteiger partial charge in [-0.05, 0) is 12.1 Å². The van der Waals surface area contributed by atoms with Crippen LogP contribution in [0.3, 0.4) is 0 Å². The maximum atomic E-state index is 5.07. The van der Waals surface area contributed by atoms with E-state index in [2.05, 4.69) is 19.9 Å². The van der Waals surface area contributed by atoms with E-state index in [-0.39, 0.29) is 0 Å². The van der Waals surface area contributed by atoms with Crippen molar-refractivity contribution in [2.45, 2.75) is 10.9 Å². The summed E-state index contributed by atoms with van der Waals surface area (Å²) in [7, 11) is 1.60. The second kappa shape index (κ2) is 5.27. The lowest BCUT2D eigenvalue weighted by molar-refractivity contribution is 0.395. The second-order valence-electron chi connectivity index (χ2n) is 3.86. The molecular formula is C13H12N4OS. The summed E-state index contributed by atoms with van der Waals surface area (Å²) in [5.41, 5.74) is 2.01. The molecule has 3 aromatic rings. The van der Waals surface area contributed by atoms with Crippen LogP contribution in [0.5, 0.6) is 5.88 Å². The summed E-state index contributed by atoms with van der Waals surface area (Å²) in [4.78, 5) is 16.2. The SMILES string of the molecule is COc1ccnc(CSc2nc3ccccc3[nH]2)n1. The molecule has 5 nitrogen and oxygen atoms in total. The van der Waals surface area contributed by atoms with Gasteiger partial charge in [0.1, 0.15) is 5.82 Å². The Labute approximate surface area is 114 Å². The summed E-state index contributed by atoms with van der Waals surface area (Å²) < 4.78 is 5.07. The molecule has 0 saturated carbocycles. The Balaban J connectivity index is 1.74. The zero-order valence-electron chi connectivity index (χ0n) is 10.3. The molecule has 19 heavy (non-hydrogen) atoms. The van der Waals surface area contributed by atoms with Gasteiger partial charge in [-0.3, -0.25) is 0 Å². The lowest BCUT2D eigenvalue weighted by atomic mass is 10.3. The Kier molecular flexibility index (Phi) is 3.33. The van der Waals surface area contributed by atoms with E-state index in [0.29, 0.717) is 11.6 Å². The predicted molar refractivity (Wildman–Crippen MR) is 74.2 cm³/mol. The Morgan fingerprint density at radius 1 is 1.21 bits per heavy atom. The van der Waals surface area contributed by atoms with Crippen molar-refractivity contribution in [1.29, 1.82) is 0 Å². The van der Waals surface area contributed by atoms with Crippen molar-refractivity contribution >= 4 is 22.8 Å². The molecule has 2 heterocycles. The standard InChI is InChI=1S/C13H12N4OS/c1-18-12-6-7-14-11(17-12)8-19-13-15-9-4-2-3-5-10(9)16-13/h2-7H,8H2,1H3,(H,15,16). The Bertz CT molecular complexity index is 665. The highest BCUT2D eigenvalue weighted by Gasteiger charge is 2.05. The Morgan fingerprint density at radius 3 is 2.95 bits per heavy atom. The van der Waals surface area contributed by atoms with Crippen LogP contribution in [0.15, 0.2) is 41.7 Å². The quantitative estimate of drug-likeness (QED) is 0.740. The van der Waals surface area contributed by atoms with Crippen molar-refractivity contribution in [2.75, 3.05) is 7.11 Å². The number of benzene rings is 1. The van der Waals surface area contributed by atoms with Crippen molar-refractivity contribution < 1.29 is 4.74 Å². The molecule has 3 rings (SSSR count). The first-order valence-electron chi connectivity index (χ1n) is 5.78. The van der Waals surface area contributed by atoms with Gasteiger partial charge < -0.3 is 9.72 Å². The number of imidazole rings is 1. The number of thioether (sulfide) groups is 1. The van der Waals surface area contributed by atoms with Gasteiger partial charge in [-0.1, -0.05) is 23.9 Å². The van der Waals surface area contributed by atoms with Crippen LogP contribution < -0.4 is 4.74 Å². The number of ether oxygens (including phenoxy) is 1. The summed E-state index contributed by atoms with van der Waals surface area (Å²) in [5, 5.41) is 0.868. The zero-order chi connectivity index (χ0) is 13.1. The van der Waals surface area contributed by atoms with Gasteiger partial charge in [0.05, 0.1) is 23.9 Å². The third kappa shape index (κ3) is 2.68. The van der Waals surface area contributed by atoms with E-state index >= 15 is 0 Å². The average Bonchev–Trinajstić information content (AvgIpc) is 2.88. The highest BCUT2D eigenvalue weighted by atomic mass is 32.2. The number of aromatic amines is 1. The third-order valence-corrected chi connectivity index (χ3v) is 3.46. The van der Waals surface area contributed by atoms with Crippen molar-refractivity contribution in [3.63, 3.8) is 0 Å². The minimum absolute atomic E-state index is 0.579. The van der Waals surface area contributed by atoms with Gasteiger partial charge in [-0.15, -0.1) is 0 Å². The minimum Gasteiger partial charge on any atom is -0.481 e. The summed E-state index contributed by atoms with van der Waals surface area (Å²) in [6, 6.07) is 9.69.